The van der Waals surface area contributed by atoms with Crippen molar-refractivity contribution in [3.8, 4) is 5.75 Å². The summed E-state index contributed by atoms with van der Waals surface area (Å²) in [5, 5.41) is 3.42. The van der Waals surface area contributed by atoms with Gasteiger partial charge in [-0.25, -0.2) is 0 Å². The molecular weight excluding hydrogens is 394 g/mol. The Morgan fingerprint density at radius 3 is 2.46 bits per heavy atom. The highest BCUT2D eigenvalue weighted by Gasteiger charge is 2.12. The number of furan rings is 1. The zero-order chi connectivity index (χ0) is 16.9. The van der Waals surface area contributed by atoms with E-state index in [4.69, 9.17) is 20.8 Å². The number of nitrogens with one attached hydrogen (secondary N) is 1. The Kier molecular flexibility index (Phi) is 5.23. The van der Waals surface area contributed by atoms with Gasteiger partial charge in [0.05, 0.1) is 0 Å². The Labute approximate surface area is 152 Å². The molecular formula is C18H13BrClNO3. The van der Waals surface area contributed by atoms with Crippen LogP contribution < -0.4 is 10.1 Å². The number of hydrogen-bond acceptors (Lipinski definition) is 3. The van der Waals surface area contributed by atoms with E-state index >= 15 is 0 Å². The van der Waals surface area contributed by atoms with Crippen LogP contribution >= 0.6 is 27.5 Å². The van der Waals surface area contributed by atoms with Gasteiger partial charge in [-0.1, -0.05) is 27.5 Å². The molecule has 0 bridgehead atoms. The average Bonchev–Trinajstić information content (AvgIpc) is 3.06. The molecule has 3 rings (SSSR count). The standard InChI is InChI=1S/C18H13BrClNO3/c19-12-1-5-14(6-2-12)21-18(22)17-10-9-16(24-17)11-23-15-7-3-13(20)4-8-15/h1-10H,11H2,(H,21,22). The Balaban J connectivity index is 1.59. The first kappa shape index (κ1) is 16.6. The molecule has 0 fully saturated rings. The van der Waals surface area contributed by atoms with Crippen LogP contribution in [0.3, 0.4) is 0 Å². The largest absolute Gasteiger partial charge is 0.486 e. The van der Waals surface area contributed by atoms with Gasteiger partial charge in [-0.3, -0.25) is 4.79 Å². The number of carbonyl (C=O) groups is 1. The van der Waals surface area contributed by atoms with E-state index in [-0.39, 0.29) is 18.3 Å². The summed E-state index contributed by atoms with van der Waals surface area (Å²) in [6.45, 7) is 0.229. The minimum absolute atomic E-state index is 0.229. The molecule has 0 saturated heterocycles. The van der Waals surface area contributed by atoms with Crippen LogP contribution in [0.25, 0.3) is 0 Å². The molecule has 0 aliphatic carbocycles. The van der Waals surface area contributed by atoms with E-state index in [9.17, 15) is 4.79 Å². The van der Waals surface area contributed by atoms with Crippen LogP contribution in [0.5, 0.6) is 5.75 Å². The third kappa shape index (κ3) is 4.40. The van der Waals surface area contributed by atoms with Crippen molar-refractivity contribution in [3.63, 3.8) is 0 Å². The highest BCUT2D eigenvalue weighted by atomic mass is 79.9. The minimum Gasteiger partial charge on any atom is -0.486 e. The van der Waals surface area contributed by atoms with E-state index in [1.54, 1.807) is 48.5 Å². The van der Waals surface area contributed by atoms with E-state index in [1.165, 1.54) is 0 Å². The van der Waals surface area contributed by atoms with Gasteiger partial charge in [-0.15, -0.1) is 0 Å². The Bertz CT molecular complexity index is 828. The fraction of sp³-hybridized carbons (Fsp3) is 0.0556. The molecule has 1 aromatic heterocycles. The summed E-state index contributed by atoms with van der Waals surface area (Å²) in [4.78, 5) is 12.2. The highest BCUT2D eigenvalue weighted by Crippen LogP contribution is 2.19. The number of halogens is 2. The van der Waals surface area contributed by atoms with E-state index in [0.717, 1.165) is 4.47 Å². The van der Waals surface area contributed by atoms with Crippen molar-refractivity contribution in [2.75, 3.05) is 5.32 Å². The van der Waals surface area contributed by atoms with Crippen LogP contribution in [-0.2, 0) is 6.61 Å². The molecule has 122 valence electrons. The van der Waals surface area contributed by atoms with Crippen molar-refractivity contribution < 1.29 is 13.9 Å². The van der Waals surface area contributed by atoms with Crippen molar-refractivity contribution in [2.24, 2.45) is 0 Å². The molecule has 4 nitrogen and oxygen atoms in total. The number of carbonyl (C=O) groups excluding carboxylic acids is 1. The molecule has 0 radical (unpaired) electrons. The topological polar surface area (TPSA) is 51.5 Å². The lowest BCUT2D eigenvalue weighted by molar-refractivity contribution is 0.0992. The summed E-state index contributed by atoms with van der Waals surface area (Å²) in [7, 11) is 0. The van der Waals surface area contributed by atoms with Crippen LogP contribution in [0, 0.1) is 0 Å². The van der Waals surface area contributed by atoms with Crippen LogP contribution in [0.1, 0.15) is 16.3 Å². The first-order valence-corrected chi connectivity index (χ1v) is 8.31. The third-order valence-corrected chi connectivity index (χ3v) is 3.96. The van der Waals surface area contributed by atoms with Gasteiger partial charge in [0.2, 0.25) is 0 Å². The second kappa shape index (κ2) is 7.55. The molecule has 6 heteroatoms. The maximum atomic E-state index is 12.2. The highest BCUT2D eigenvalue weighted by molar-refractivity contribution is 9.10. The van der Waals surface area contributed by atoms with Crippen molar-refractivity contribution in [3.05, 3.63) is 81.7 Å². The van der Waals surface area contributed by atoms with Gasteiger partial charge in [0, 0.05) is 15.2 Å². The van der Waals surface area contributed by atoms with Crippen molar-refractivity contribution >= 4 is 39.1 Å². The van der Waals surface area contributed by atoms with Gasteiger partial charge in [-0.05, 0) is 60.7 Å². The summed E-state index contributed by atoms with van der Waals surface area (Å²) in [5.74, 6) is 1.16. The van der Waals surface area contributed by atoms with Gasteiger partial charge in [0.15, 0.2) is 5.76 Å². The van der Waals surface area contributed by atoms with Crippen LogP contribution in [0.4, 0.5) is 5.69 Å². The first-order chi connectivity index (χ1) is 11.6. The number of amides is 1. The maximum Gasteiger partial charge on any atom is 0.291 e. The van der Waals surface area contributed by atoms with E-state index in [0.29, 0.717) is 22.2 Å². The third-order valence-electron chi connectivity index (χ3n) is 3.18. The second-order valence-electron chi connectivity index (χ2n) is 4.97. The predicted molar refractivity (Wildman–Crippen MR) is 96.6 cm³/mol. The monoisotopic (exact) mass is 405 g/mol. The smallest absolute Gasteiger partial charge is 0.291 e. The molecule has 1 amide bonds. The Morgan fingerprint density at radius 2 is 1.75 bits per heavy atom. The average molecular weight is 407 g/mol. The molecule has 3 aromatic rings. The molecule has 0 atom stereocenters. The van der Waals surface area contributed by atoms with Crippen molar-refractivity contribution in [1.82, 2.24) is 0 Å². The zero-order valence-corrected chi connectivity index (χ0v) is 14.8. The SMILES string of the molecule is O=C(Nc1ccc(Br)cc1)c1ccc(COc2ccc(Cl)cc2)o1. The van der Waals surface area contributed by atoms with Gasteiger partial charge < -0.3 is 14.5 Å². The normalized spacial score (nSPS) is 10.4. The lowest BCUT2D eigenvalue weighted by Gasteiger charge is -2.04. The molecule has 0 saturated carbocycles. The molecule has 2 aromatic carbocycles. The minimum atomic E-state index is -0.310. The van der Waals surface area contributed by atoms with Gasteiger partial charge >= 0.3 is 0 Å². The summed E-state index contributed by atoms with van der Waals surface area (Å²) in [5.41, 5.74) is 0.693. The van der Waals surface area contributed by atoms with Crippen molar-refractivity contribution in [1.29, 1.82) is 0 Å². The molecule has 0 spiro atoms. The van der Waals surface area contributed by atoms with Crippen LogP contribution in [-0.4, -0.2) is 5.91 Å². The molecule has 0 aliphatic heterocycles. The first-order valence-electron chi connectivity index (χ1n) is 7.14. The summed E-state index contributed by atoms with van der Waals surface area (Å²) in [6.07, 6.45) is 0. The second-order valence-corrected chi connectivity index (χ2v) is 6.32. The van der Waals surface area contributed by atoms with E-state index in [2.05, 4.69) is 21.2 Å². The van der Waals surface area contributed by atoms with Gasteiger partial charge in [-0.2, -0.15) is 0 Å². The maximum absolute atomic E-state index is 12.2. The molecule has 1 heterocycles. The lowest BCUT2D eigenvalue weighted by atomic mass is 10.3. The molecule has 0 aliphatic rings. The number of rotatable bonds is 5. The van der Waals surface area contributed by atoms with E-state index in [1.807, 2.05) is 12.1 Å². The van der Waals surface area contributed by atoms with Crippen LogP contribution in [0.15, 0.2) is 69.6 Å². The molecule has 24 heavy (non-hydrogen) atoms. The Morgan fingerprint density at radius 1 is 1.04 bits per heavy atom. The zero-order valence-electron chi connectivity index (χ0n) is 12.5. The summed E-state index contributed by atoms with van der Waals surface area (Å²) >= 11 is 9.17. The Hall–Kier alpha value is -2.24. The predicted octanol–water partition coefficient (Wildman–Crippen LogP) is 5.53. The summed E-state index contributed by atoms with van der Waals surface area (Å²) in [6, 6.07) is 17.7. The number of hydrogen-bond donors (Lipinski definition) is 1. The molecule has 1 N–H and O–H groups in total. The van der Waals surface area contributed by atoms with E-state index < -0.39 is 0 Å². The lowest BCUT2D eigenvalue weighted by Crippen LogP contribution is -2.10. The quantitative estimate of drug-likeness (QED) is 0.606. The number of ether oxygens (including phenoxy) is 1. The molecule has 0 unspecified atom stereocenters. The van der Waals surface area contributed by atoms with Crippen LogP contribution in [0.2, 0.25) is 5.02 Å². The van der Waals surface area contributed by atoms with Gasteiger partial charge in [0.25, 0.3) is 5.91 Å². The fourth-order valence-corrected chi connectivity index (χ4v) is 2.38. The van der Waals surface area contributed by atoms with Crippen molar-refractivity contribution in [2.45, 2.75) is 6.61 Å². The fourth-order valence-electron chi connectivity index (χ4n) is 1.99. The number of anilines is 1. The summed E-state index contributed by atoms with van der Waals surface area (Å²) < 4.78 is 12.0. The number of benzene rings is 2. The van der Waals surface area contributed by atoms with Gasteiger partial charge in [0.1, 0.15) is 18.1 Å².